The molecular weight excluding hydrogens is 276 g/mol. The number of ether oxygens (including phenoxy) is 1. The summed E-state index contributed by atoms with van der Waals surface area (Å²) in [6.45, 7) is 4.30. The molecule has 1 aromatic rings. The molecule has 0 aliphatic heterocycles. The number of nitrogen functional groups attached to an aromatic ring is 1. The number of nitrogens with one attached hydrogen (secondary N) is 1. The van der Waals surface area contributed by atoms with Crippen molar-refractivity contribution in [3.63, 3.8) is 0 Å². The second kappa shape index (κ2) is 6.38. The minimum atomic E-state index is -3.57. The molecule has 0 spiro atoms. The standard InChI is InChI=1S/C11H17ClN2O3S/c1-8(2)17-6-5-14-18(15,16)9-3-4-11(13)10(12)7-9/h3-4,7-8,14H,5-6,13H2,1-2H3. The molecular formula is C11H17ClN2O3S. The monoisotopic (exact) mass is 292 g/mol. The molecule has 0 bridgehead atoms. The Kier molecular flexibility index (Phi) is 5.40. The summed E-state index contributed by atoms with van der Waals surface area (Å²) in [6.07, 6.45) is 0.0699. The van der Waals surface area contributed by atoms with Crippen molar-refractivity contribution < 1.29 is 13.2 Å². The molecule has 1 aromatic carbocycles. The number of halogens is 1. The van der Waals surface area contributed by atoms with Crippen molar-refractivity contribution in [1.82, 2.24) is 4.72 Å². The molecule has 0 aromatic heterocycles. The van der Waals surface area contributed by atoms with Gasteiger partial charge in [0.25, 0.3) is 0 Å². The number of sulfonamides is 1. The van der Waals surface area contributed by atoms with Gasteiger partial charge in [0.05, 0.1) is 28.3 Å². The zero-order valence-corrected chi connectivity index (χ0v) is 11.9. The molecule has 0 aliphatic rings. The van der Waals surface area contributed by atoms with Crippen LogP contribution in [0.15, 0.2) is 23.1 Å². The molecule has 7 heteroatoms. The highest BCUT2D eigenvalue weighted by atomic mass is 35.5. The van der Waals surface area contributed by atoms with Crippen molar-refractivity contribution in [2.75, 3.05) is 18.9 Å². The molecule has 0 heterocycles. The summed E-state index contributed by atoms with van der Waals surface area (Å²) in [4.78, 5) is 0.0891. The van der Waals surface area contributed by atoms with Gasteiger partial charge in [-0.15, -0.1) is 0 Å². The average Bonchev–Trinajstić information content (AvgIpc) is 2.28. The van der Waals surface area contributed by atoms with Gasteiger partial charge in [-0.05, 0) is 32.0 Å². The van der Waals surface area contributed by atoms with Crippen molar-refractivity contribution in [3.8, 4) is 0 Å². The van der Waals surface area contributed by atoms with E-state index in [4.69, 9.17) is 22.1 Å². The van der Waals surface area contributed by atoms with Gasteiger partial charge in [-0.3, -0.25) is 0 Å². The topological polar surface area (TPSA) is 81.4 Å². The summed E-state index contributed by atoms with van der Waals surface area (Å²) < 4.78 is 31.4. The Bertz CT molecular complexity index is 503. The summed E-state index contributed by atoms with van der Waals surface area (Å²) in [5.41, 5.74) is 5.87. The van der Waals surface area contributed by atoms with E-state index in [0.29, 0.717) is 12.3 Å². The predicted octanol–water partition coefficient (Wildman–Crippen LogP) is 1.63. The van der Waals surface area contributed by atoms with Crippen LogP contribution in [0.3, 0.4) is 0 Å². The van der Waals surface area contributed by atoms with E-state index in [0.717, 1.165) is 0 Å². The minimum absolute atomic E-state index is 0.0699. The molecule has 0 atom stereocenters. The quantitative estimate of drug-likeness (QED) is 0.617. The first-order valence-corrected chi connectivity index (χ1v) is 7.35. The summed E-state index contributed by atoms with van der Waals surface area (Å²) in [5.74, 6) is 0. The Labute approximate surface area is 112 Å². The van der Waals surface area contributed by atoms with Gasteiger partial charge in [0.15, 0.2) is 0 Å². The lowest BCUT2D eigenvalue weighted by atomic mass is 10.3. The van der Waals surface area contributed by atoms with Gasteiger partial charge in [0.1, 0.15) is 0 Å². The number of benzene rings is 1. The Morgan fingerprint density at radius 3 is 2.67 bits per heavy atom. The lowest BCUT2D eigenvalue weighted by Gasteiger charge is -2.10. The third kappa shape index (κ3) is 4.45. The van der Waals surface area contributed by atoms with Crippen LogP contribution >= 0.6 is 11.6 Å². The maximum atomic E-state index is 11.9. The average molecular weight is 293 g/mol. The van der Waals surface area contributed by atoms with Crippen molar-refractivity contribution in [3.05, 3.63) is 23.2 Å². The van der Waals surface area contributed by atoms with Crippen LogP contribution in [0, 0.1) is 0 Å². The molecule has 0 radical (unpaired) electrons. The van der Waals surface area contributed by atoms with E-state index in [1.54, 1.807) is 0 Å². The van der Waals surface area contributed by atoms with Crippen LogP contribution < -0.4 is 10.5 Å². The lowest BCUT2D eigenvalue weighted by Crippen LogP contribution is -2.28. The van der Waals surface area contributed by atoms with E-state index in [1.807, 2.05) is 13.8 Å². The maximum absolute atomic E-state index is 11.9. The summed E-state index contributed by atoms with van der Waals surface area (Å²) in [5, 5.41) is 0.219. The van der Waals surface area contributed by atoms with E-state index in [1.165, 1.54) is 18.2 Å². The van der Waals surface area contributed by atoms with Crippen molar-refractivity contribution in [2.24, 2.45) is 0 Å². The normalized spacial score (nSPS) is 12.0. The lowest BCUT2D eigenvalue weighted by molar-refractivity contribution is 0.0834. The Hall–Kier alpha value is -0.820. The number of nitrogens with two attached hydrogens (primary N) is 1. The van der Waals surface area contributed by atoms with E-state index in [-0.39, 0.29) is 22.6 Å². The molecule has 0 aliphatic carbocycles. The fourth-order valence-electron chi connectivity index (χ4n) is 1.23. The Morgan fingerprint density at radius 2 is 2.11 bits per heavy atom. The zero-order valence-electron chi connectivity index (χ0n) is 10.3. The van der Waals surface area contributed by atoms with Crippen LogP contribution in [-0.4, -0.2) is 27.7 Å². The Balaban J connectivity index is 2.66. The van der Waals surface area contributed by atoms with Crippen molar-refractivity contribution in [2.45, 2.75) is 24.8 Å². The summed E-state index contributed by atoms with van der Waals surface area (Å²) in [6, 6.07) is 4.19. The number of rotatable bonds is 6. The first-order chi connectivity index (χ1) is 8.33. The second-order valence-corrected chi connectivity index (χ2v) is 6.17. The minimum Gasteiger partial charge on any atom is -0.398 e. The molecule has 3 N–H and O–H groups in total. The molecule has 0 saturated carbocycles. The van der Waals surface area contributed by atoms with Crippen LogP contribution in [0.25, 0.3) is 0 Å². The number of hydrogen-bond donors (Lipinski definition) is 2. The molecule has 0 amide bonds. The Morgan fingerprint density at radius 1 is 1.44 bits per heavy atom. The van der Waals surface area contributed by atoms with Crippen LogP contribution in [0.1, 0.15) is 13.8 Å². The first kappa shape index (κ1) is 15.2. The maximum Gasteiger partial charge on any atom is 0.240 e. The molecule has 1 rings (SSSR count). The first-order valence-electron chi connectivity index (χ1n) is 5.49. The van der Waals surface area contributed by atoms with E-state index >= 15 is 0 Å². The van der Waals surface area contributed by atoms with Crippen molar-refractivity contribution in [1.29, 1.82) is 0 Å². The van der Waals surface area contributed by atoms with Crippen LogP contribution in [0.4, 0.5) is 5.69 Å². The smallest absolute Gasteiger partial charge is 0.240 e. The van der Waals surface area contributed by atoms with Gasteiger partial charge >= 0.3 is 0 Å². The van der Waals surface area contributed by atoms with Crippen LogP contribution in [-0.2, 0) is 14.8 Å². The third-order valence-electron chi connectivity index (χ3n) is 2.13. The van der Waals surface area contributed by atoms with E-state index in [2.05, 4.69) is 4.72 Å². The molecule has 18 heavy (non-hydrogen) atoms. The SMILES string of the molecule is CC(C)OCCNS(=O)(=O)c1ccc(N)c(Cl)c1. The highest BCUT2D eigenvalue weighted by Gasteiger charge is 2.14. The highest BCUT2D eigenvalue weighted by molar-refractivity contribution is 7.89. The van der Waals surface area contributed by atoms with Gasteiger partial charge in [-0.1, -0.05) is 11.6 Å². The largest absolute Gasteiger partial charge is 0.398 e. The van der Waals surface area contributed by atoms with Gasteiger partial charge in [-0.2, -0.15) is 0 Å². The highest BCUT2D eigenvalue weighted by Crippen LogP contribution is 2.22. The number of hydrogen-bond acceptors (Lipinski definition) is 4. The fourth-order valence-corrected chi connectivity index (χ4v) is 2.51. The predicted molar refractivity (Wildman–Crippen MR) is 72.1 cm³/mol. The van der Waals surface area contributed by atoms with E-state index < -0.39 is 10.0 Å². The van der Waals surface area contributed by atoms with E-state index in [9.17, 15) is 8.42 Å². The molecule has 0 unspecified atom stereocenters. The third-order valence-corrected chi connectivity index (χ3v) is 3.91. The van der Waals surface area contributed by atoms with Crippen molar-refractivity contribution >= 4 is 27.3 Å². The van der Waals surface area contributed by atoms with Gasteiger partial charge in [0, 0.05) is 6.54 Å². The molecule has 0 fully saturated rings. The van der Waals surface area contributed by atoms with Crippen LogP contribution in [0.2, 0.25) is 5.02 Å². The van der Waals surface area contributed by atoms with Gasteiger partial charge < -0.3 is 10.5 Å². The summed E-state index contributed by atoms with van der Waals surface area (Å²) >= 11 is 5.78. The zero-order chi connectivity index (χ0) is 13.8. The molecule has 102 valence electrons. The number of anilines is 1. The second-order valence-electron chi connectivity index (χ2n) is 4.00. The van der Waals surface area contributed by atoms with Gasteiger partial charge in [-0.25, -0.2) is 13.1 Å². The molecule has 0 saturated heterocycles. The molecule has 5 nitrogen and oxygen atoms in total. The summed E-state index contributed by atoms with van der Waals surface area (Å²) in [7, 11) is -3.57. The van der Waals surface area contributed by atoms with Gasteiger partial charge in [0.2, 0.25) is 10.0 Å². The van der Waals surface area contributed by atoms with Crippen LogP contribution in [0.5, 0.6) is 0 Å². The fraction of sp³-hybridized carbons (Fsp3) is 0.455.